The molecule has 2 N–H and O–H groups in total. The Bertz CT molecular complexity index is 1400. The zero-order chi connectivity index (χ0) is 24.2. The number of anilines is 4. The number of amides is 1. The van der Waals surface area contributed by atoms with Crippen LogP contribution in [-0.4, -0.2) is 47.2 Å². The van der Waals surface area contributed by atoms with Gasteiger partial charge in [-0.2, -0.15) is 0 Å². The van der Waals surface area contributed by atoms with Crippen molar-refractivity contribution < 1.29 is 9.53 Å². The number of nitrogens with zero attached hydrogens (tertiary/aromatic N) is 4. The topological polar surface area (TPSA) is 92.3 Å². The number of carbonyl (C=O) groups excluding carboxylic acids is 1. The van der Waals surface area contributed by atoms with E-state index in [1.165, 1.54) is 0 Å². The van der Waals surface area contributed by atoms with Crippen molar-refractivity contribution in [1.82, 2.24) is 15.0 Å². The Hall–Kier alpha value is -4.30. The number of hydrogen-bond acceptors (Lipinski definition) is 7. The van der Waals surface area contributed by atoms with Crippen molar-refractivity contribution in [2.75, 3.05) is 41.8 Å². The van der Waals surface area contributed by atoms with Crippen LogP contribution in [0.3, 0.4) is 0 Å². The van der Waals surface area contributed by atoms with Crippen LogP contribution in [-0.2, 0) is 9.53 Å². The molecule has 0 atom stereocenters. The maximum Gasteiger partial charge on any atom is 0.250 e. The quantitative estimate of drug-likeness (QED) is 0.395. The zero-order valence-corrected chi connectivity index (χ0v) is 19.5. The summed E-state index contributed by atoms with van der Waals surface area (Å²) in [7, 11) is 0. The number of aromatic nitrogens is 3. The van der Waals surface area contributed by atoms with E-state index in [4.69, 9.17) is 9.72 Å². The third-order valence-corrected chi connectivity index (χ3v) is 5.79. The molecule has 1 fully saturated rings. The summed E-state index contributed by atoms with van der Waals surface area (Å²) in [5.41, 5.74) is 5.43. The molecular weight excluding hydrogens is 440 g/mol. The molecule has 0 saturated carbocycles. The van der Waals surface area contributed by atoms with Crippen LogP contribution >= 0.6 is 0 Å². The van der Waals surface area contributed by atoms with Gasteiger partial charge in [0.2, 0.25) is 5.95 Å². The standard InChI is InChI=1S/C27H26N6O2/c1-18(2)26(34)30-20-10-11-28-23(16-20)21-7-5-6-19-17-29-27(32-25(19)21)31-22-8-3-4-9-24(22)33-12-14-35-15-13-33/h3-11,16-17H,1,12-15H2,2H3,(H,28,30,34)(H,29,31,32). The molecule has 2 aromatic heterocycles. The normalized spacial score (nSPS) is 13.5. The number of morpholine rings is 1. The van der Waals surface area contributed by atoms with E-state index in [2.05, 4.69) is 38.1 Å². The molecule has 8 heteroatoms. The van der Waals surface area contributed by atoms with Gasteiger partial charge in [-0.15, -0.1) is 0 Å². The first-order valence-electron chi connectivity index (χ1n) is 11.5. The van der Waals surface area contributed by atoms with Crippen molar-refractivity contribution in [3.8, 4) is 11.3 Å². The van der Waals surface area contributed by atoms with Crippen LogP contribution in [0.1, 0.15) is 6.92 Å². The van der Waals surface area contributed by atoms with E-state index in [0.29, 0.717) is 36.1 Å². The summed E-state index contributed by atoms with van der Waals surface area (Å²) >= 11 is 0. The van der Waals surface area contributed by atoms with Crippen molar-refractivity contribution in [3.05, 3.63) is 79.1 Å². The number of hydrogen-bond donors (Lipinski definition) is 2. The molecule has 1 aliphatic heterocycles. The highest BCUT2D eigenvalue weighted by Crippen LogP contribution is 2.31. The van der Waals surface area contributed by atoms with Crippen molar-refractivity contribution in [3.63, 3.8) is 0 Å². The fourth-order valence-corrected chi connectivity index (χ4v) is 4.00. The lowest BCUT2D eigenvalue weighted by Crippen LogP contribution is -2.36. The van der Waals surface area contributed by atoms with Gasteiger partial charge in [0.05, 0.1) is 35.8 Å². The highest BCUT2D eigenvalue weighted by molar-refractivity contribution is 6.03. The number of para-hydroxylation sites is 3. The molecule has 1 amide bonds. The highest BCUT2D eigenvalue weighted by Gasteiger charge is 2.16. The van der Waals surface area contributed by atoms with Crippen LogP contribution in [0.2, 0.25) is 0 Å². The predicted octanol–water partition coefficient (Wildman–Crippen LogP) is 4.79. The van der Waals surface area contributed by atoms with Gasteiger partial charge < -0.3 is 20.3 Å². The van der Waals surface area contributed by atoms with Crippen LogP contribution in [0, 0.1) is 0 Å². The Morgan fingerprint density at radius 3 is 2.71 bits per heavy atom. The summed E-state index contributed by atoms with van der Waals surface area (Å²) in [6.07, 6.45) is 3.47. The van der Waals surface area contributed by atoms with Gasteiger partial charge in [-0.05, 0) is 31.2 Å². The van der Waals surface area contributed by atoms with E-state index in [1.807, 2.05) is 42.5 Å². The van der Waals surface area contributed by atoms with Crippen molar-refractivity contribution >= 4 is 39.8 Å². The van der Waals surface area contributed by atoms with E-state index >= 15 is 0 Å². The second kappa shape index (κ2) is 9.90. The van der Waals surface area contributed by atoms with Crippen LogP contribution in [0.15, 0.2) is 79.1 Å². The molecule has 4 aromatic rings. The zero-order valence-electron chi connectivity index (χ0n) is 19.5. The number of pyridine rings is 1. The lowest BCUT2D eigenvalue weighted by Gasteiger charge is -2.30. The minimum absolute atomic E-state index is 0.229. The molecule has 0 spiro atoms. The lowest BCUT2D eigenvalue weighted by molar-refractivity contribution is -0.112. The molecule has 0 aliphatic carbocycles. The van der Waals surface area contributed by atoms with E-state index < -0.39 is 0 Å². The summed E-state index contributed by atoms with van der Waals surface area (Å²) in [4.78, 5) is 28.3. The largest absolute Gasteiger partial charge is 0.378 e. The Labute approximate surface area is 203 Å². The molecule has 2 aromatic carbocycles. The Balaban J connectivity index is 1.49. The molecule has 176 valence electrons. The van der Waals surface area contributed by atoms with Crippen molar-refractivity contribution in [1.29, 1.82) is 0 Å². The van der Waals surface area contributed by atoms with Gasteiger partial charge in [0.1, 0.15) is 0 Å². The second-order valence-electron chi connectivity index (χ2n) is 8.34. The van der Waals surface area contributed by atoms with Crippen LogP contribution in [0.4, 0.5) is 23.0 Å². The molecule has 8 nitrogen and oxygen atoms in total. The first-order chi connectivity index (χ1) is 17.1. The summed E-state index contributed by atoms with van der Waals surface area (Å²) in [5, 5.41) is 7.14. The highest BCUT2D eigenvalue weighted by atomic mass is 16.5. The first kappa shape index (κ1) is 22.5. The maximum absolute atomic E-state index is 12.1. The maximum atomic E-state index is 12.1. The molecule has 5 rings (SSSR count). The fourth-order valence-electron chi connectivity index (χ4n) is 4.00. The van der Waals surface area contributed by atoms with Gasteiger partial charge in [-0.3, -0.25) is 9.78 Å². The van der Waals surface area contributed by atoms with Gasteiger partial charge in [0, 0.05) is 47.7 Å². The Morgan fingerprint density at radius 2 is 1.89 bits per heavy atom. The van der Waals surface area contributed by atoms with Gasteiger partial charge in [-0.1, -0.05) is 36.9 Å². The number of fused-ring (bicyclic) bond motifs is 1. The summed E-state index contributed by atoms with van der Waals surface area (Å²) in [6, 6.07) is 17.6. The molecule has 1 saturated heterocycles. The average molecular weight is 467 g/mol. The van der Waals surface area contributed by atoms with E-state index in [0.717, 1.165) is 40.9 Å². The number of ether oxygens (including phenoxy) is 1. The average Bonchev–Trinajstić information content (AvgIpc) is 2.89. The predicted molar refractivity (Wildman–Crippen MR) is 139 cm³/mol. The summed E-state index contributed by atoms with van der Waals surface area (Å²) in [6.45, 7) is 8.46. The van der Waals surface area contributed by atoms with Crippen LogP contribution < -0.4 is 15.5 Å². The second-order valence-corrected chi connectivity index (χ2v) is 8.34. The molecule has 1 aliphatic rings. The third kappa shape index (κ3) is 4.97. The van der Waals surface area contributed by atoms with E-state index in [1.54, 1.807) is 25.4 Å². The Kier molecular flexibility index (Phi) is 6.36. The monoisotopic (exact) mass is 466 g/mol. The molecule has 0 bridgehead atoms. The van der Waals surface area contributed by atoms with Gasteiger partial charge >= 0.3 is 0 Å². The van der Waals surface area contributed by atoms with Crippen LogP contribution in [0.5, 0.6) is 0 Å². The fraction of sp³-hybridized carbons (Fsp3) is 0.185. The minimum Gasteiger partial charge on any atom is -0.378 e. The smallest absolute Gasteiger partial charge is 0.250 e. The summed E-state index contributed by atoms with van der Waals surface area (Å²) < 4.78 is 5.50. The number of benzene rings is 2. The number of carbonyl (C=O) groups is 1. The number of nitrogens with one attached hydrogen (secondary N) is 2. The Morgan fingerprint density at radius 1 is 1.06 bits per heavy atom. The van der Waals surface area contributed by atoms with Crippen LogP contribution in [0.25, 0.3) is 22.2 Å². The first-order valence-corrected chi connectivity index (χ1v) is 11.5. The lowest BCUT2D eigenvalue weighted by atomic mass is 10.1. The molecule has 3 heterocycles. The SMILES string of the molecule is C=C(C)C(=O)Nc1ccnc(-c2cccc3cnc(Nc4ccccc4N4CCOCC4)nc23)c1. The number of rotatable bonds is 6. The van der Waals surface area contributed by atoms with Gasteiger partial charge in [0.25, 0.3) is 5.91 Å². The molecule has 0 unspecified atom stereocenters. The van der Waals surface area contributed by atoms with E-state index in [9.17, 15) is 4.79 Å². The van der Waals surface area contributed by atoms with Crippen molar-refractivity contribution in [2.45, 2.75) is 6.92 Å². The minimum atomic E-state index is -0.229. The molecule has 35 heavy (non-hydrogen) atoms. The van der Waals surface area contributed by atoms with Gasteiger partial charge in [-0.25, -0.2) is 9.97 Å². The third-order valence-electron chi connectivity index (χ3n) is 5.79. The molecular formula is C27H26N6O2. The summed E-state index contributed by atoms with van der Waals surface area (Å²) in [5.74, 6) is 0.269. The molecule has 0 radical (unpaired) electrons. The van der Waals surface area contributed by atoms with E-state index in [-0.39, 0.29) is 5.91 Å². The van der Waals surface area contributed by atoms with Crippen molar-refractivity contribution in [2.24, 2.45) is 0 Å². The van der Waals surface area contributed by atoms with Gasteiger partial charge in [0.15, 0.2) is 0 Å².